The molecular weight excluding hydrogens is 236 g/mol. The highest BCUT2D eigenvalue weighted by molar-refractivity contribution is 6.29. The molecule has 2 heterocycles. The van der Waals surface area contributed by atoms with Gasteiger partial charge in [-0.25, -0.2) is 15.0 Å². The number of hydrogen-bond acceptors (Lipinski definition) is 3. The first-order valence-corrected chi connectivity index (χ1v) is 6.17. The van der Waals surface area contributed by atoms with Crippen LogP contribution in [0.1, 0.15) is 26.1 Å². The maximum atomic E-state index is 6.01. The van der Waals surface area contributed by atoms with Crippen LogP contribution in [0.25, 0.3) is 11.5 Å². The Morgan fingerprint density at radius 2 is 2.12 bits per heavy atom. The van der Waals surface area contributed by atoms with E-state index >= 15 is 0 Å². The van der Waals surface area contributed by atoms with E-state index in [2.05, 4.69) is 28.8 Å². The van der Waals surface area contributed by atoms with Crippen molar-refractivity contribution in [1.29, 1.82) is 0 Å². The quantitative estimate of drug-likeness (QED) is 0.784. The van der Waals surface area contributed by atoms with Crippen molar-refractivity contribution >= 4 is 11.6 Å². The van der Waals surface area contributed by atoms with Gasteiger partial charge in [0.15, 0.2) is 5.82 Å². The Bertz CT molecular complexity index is 507. The average Bonchev–Trinajstić information content (AvgIpc) is 2.76. The van der Waals surface area contributed by atoms with Gasteiger partial charge < -0.3 is 4.57 Å². The molecule has 0 amide bonds. The third kappa shape index (κ3) is 2.64. The van der Waals surface area contributed by atoms with Crippen molar-refractivity contribution in [2.24, 2.45) is 0 Å². The molecule has 0 saturated carbocycles. The van der Waals surface area contributed by atoms with Crippen molar-refractivity contribution in [2.45, 2.75) is 33.2 Å². The smallest absolute Gasteiger partial charge is 0.158 e. The first kappa shape index (κ1) is 12.0. The monoisotopic (exact) mass is 250 g/mol. The van der Waals surface area contributed by atoms with E-state index in [1.54, 1.807) is 12.3 Å². The molecule has 0 aliphatic carbocycles. The Morgan fingerprint density at radius 1 is 1.29 bits per heavy atom. The van der Waals surface area contributed by atoms with Crippen LogP contribution in [0.3, 0.4) is 0 Å². The second-order valence-corrected chi connectivity index (χ2v) is 4.17. The summed E-state index contributed by atoms with van der Waals surface area (Å²) in [5, 5.41) is 0.476. The molecule has 0 aliphatic rings. The van der Waals surface area contributed by atoms with E-state index in [-0.39, 0.29) is 0 Å². The van der Waals surface area contributed by atoms with Gasteiger partial charge in [-0.15, -0.1) is 0 Å². The van der Waals surface area contributed by atoms with Crippen LogP contribution < -0.4 is 0 Å². The summed E-state index contributed by atoms with van der Waals surface area (Å²) in [6.07, 6.45) is 5.54. The molecule has 0 spiro atoms. The predicted octanol–water partition coefficient (Wildman–Crippen LogP) is 2.97. The second-order valence-electron chi connectivity index (χ2n) is 3.78. The SMILES string of the molecule is CCCc1nc(Cl)cc(-c2nccn2CC)n1. The number of hydrogen-bond donors (Lipinski definition) is 0. The molecule has 90 valence electrons. The summed E-state index contributed by atoms with van der Waals surface area (Å²) >= 11 is 6.01. The fraction of sp³-hybridized carbons (Fsp3) is 0.417. The van der Waals surface area contributed by atoms with Gasteiger partial charge in [-0.1, -0.05) is 18.5 Å². The molecule has 0 unspecified atom stereocenters. The molecule has 17 heavy (non-hydrogen) atoms. The lowest BCUT2D eigenvalue weighted by Crippen LogP contribution is -2.02. The van der Waals surface area contributed by atoms with E-state index < -0.39 is 0 Å². The number of halogens is 1. The fourth-order valence-electron chi connectivity index (χ4n) is 1.71. The van der Waals surface area contributed by atoms with E-state index in [9.17, 15) is 0 Å². The summed E-state index contributed by atoms with van der Waals surface area (Å²) in [6.45, 7) is 5.03. The van der Waals surface area contributed by atoms with Crippen molar-refractivity contribution in [3.8, 4) is 11.5 Å². The van der Waals surface area contributed by atoms with Gasteiger partial charge >= 0.3 is 0 Å². The molecular formula is C12H15ClN4. The Kier molecular flexibility index (Phi) is 3.74. The molecule has 2 rings (SSSR count). The molecule has 0 bridgehead atoms. The third-order valence-corrected chi connectivity index (χ3v) is 2.69. The lowest BCUT2D eigenvalue weighted by molar-refractivity contribution is 0.763. The fourth-order valence-corrected chi connectivity index (χ4v) is 1.91. The lowest BCUT2D eigenvalue weighted by Gasteiger charge is -2.06. The van der Waals surface area contributed by atoms with E-state index in [1.807, 2.05) is 10.8 Å². The first-order valence-electron chi connectivity index (χ1n) is 5.79. The Balaban J connectivity index is 2.44. The van der Waals surface area contributed by atoms with Crippen LogP contribution in [0.4, 0.5) is 0 Å². The van der Waals surface area contributed by atoms with E-state index in [0.717, 1.165) is 36.7 Å². The number of aromatic nitrogens is 4. The summed E-state index contributed by atoms with van der Waals surface area (Å²) in [7, 11) is 0. The standard InChI is InChI=1S/C12H15ClN4/c1-3-5-11-15-9(8-10(13)16-11)12-14-6-7-17(12)4-2/h6-8H,3-5H2,1-2H3. The molecule has 5 heteroatoms. The first-order chi connectivity index (χ1) is 8.24. The van der Waals surface area contributed by atoms with E-state index in [4.69, 9.17) is 11.6 Å². The summed E-state index contributed by atoms with van der Waals surface area (Å²) in [5.74, 6) is 1.62. The maximum Gasteiger partial charge on any atom is 0.158 e. The molecule has 0 saturated heterocycles. The van der Waals surface area contributed by atoms with Crippen LogP contribution in [-0.2, 0) is 13.0 Å². The molecule has 0 N–H and O–H groups in total. The predicted molar refractivity (Wildman–Crippen MR) is 67.9 cm³/mol. The van der Waals surface area contributed by atoms with Crippen molar-refractivity contribution in [3.63, 3.8) is 0 Å². The van der Waals surface area contributed by atoms with Crippen molar-refractivity contribution in [1.82, 2.24) is 19.5 Å². The van der Waals surface area contributed by atoms with Crippen molar-refractivity contribution in [3.05, 3.63) is 29.4 Å². The maximum absolute atomic E-state index is 6.01. The molecule has 0 radical (unpaired) electrons. The zero-order valence-electron chi connectivity index (χ0n) is 10.0. The Labute approximate surface area is 106 Å². The van der Waals surface area contributed by atoms with Gasteiger partial charge in [-0.2, -0.15) is 0 Å². The van der Waals surface area contributed by atoms with Crippen LogP contribution in [0.15, 0.2) is 18.5 Å². The van der Waals surface area contributed by atoms with Gasteiger partial charge in [-0.05, 0) is 13.3 Å². The largest absolute Gasteiger partial charge is 0.330 e. The zero-order chi connectivity index (χ0) is 12.3. The zero-order valence-corrected chi connectivity index (χ0v) is 10.8. The number of imidazole rings is 1. The molecule has 2 aromatic heterocycles. The van der Waals surface area contributed by atoms with E-state index in [0.29, 0.717) is 5.15 Å². The number of aryl methyl sites for hydroxylation is 2. The molecule has 0 aromatic carbocycles. The molecule has 4 nitrogen and oxygen atoms in total. The highest BCUT2D eigenvalue weighted by atomic mass is 35.5. The summed E-state index contributed by atoms with van der Waals surface area (Å²) in [4.78, 5) is 13.0. The summed E-state index contributed by atoms with van der Waals surface area (Å²) < 4.78 is 2.04. The molecule has 0 atom stereocenters. The normalized spacial score (nSPS) is 10.8. The minimum absolute atomic E-state index is 0.476. The average molecular weight is 251 g/mol. The van der Waals surface area contributed by atoms with Gasteiger partial charge in [0.05, 0.1) is 0 Å². The third-order valence-electron chi connectivity index (χ3n) is 2.50. The number of rotatable bonds is 4. The second kappa shape index (κ2) is 5.27. The highest BCUT2D eigenvalue weighted by Crippen LogP contribution is 2.18. The summed E-state index contributed by atoms with van der Waals surface area (Å²) in [6, 6.07) is 1.76. The molecule has 0 fully saturated rings. The van der Waals surface area contributed by atoms with Gasteiger partial charge in [-0.3, -0.25) is 0 Å². The lowest BCUT2D eigenvalue weighted by atomic mass is 10.3. The van der Waals surface area contributed by atoms with Gasteiger partial charge in [0.1, 0.15) is 16.7 Å². The Hall–Kier alpha value is -1.42. The molecule has 0 aliphatic heterocycles. The highest BCUT2D eigenvalue weighted by Gasteiger charge is 2.09. The number of nitrogens with zero attached hydrogens (tertiary/aromatic N) is 4. The van der Waals surface area contributed by atoms with Crippen LogP contribution in [0.5, 0.6) is 0 Å². The topological polar surface area (TPSA) is 43.6 Å². The van der Waals surface area contributed by atoms with Crippen molar-refractivity contribution < 1.29 is 0 Å². The minimum atomic E-state index is 0.476. The Morgan fingerprint density at radius 3 is 2.82 bits per heavy atom. The van der Waals surface area contributed by atoms with E-state index in [1.165, 1.54) is 0 Å². The van der Waals surface area contributed by atoms with Gasteiger partial charge in [0, 0.05) is 31.4 Å². The molecule has 2 aromatic rings. The van der Waals surface area contributed by atoms with Crippen LogP contribution >= 0.6 is 11.6 Å². The summed E-state index contributed by atoms with van der Waals surface area (Å²) in [5.41, 5.74) is 0.792. The van der Waals surface area contributed by atoms with Crippen LogP contribution in [0.2, 0.25) is 5.15 Å². The van der Waals surface area contributed by atoms with Crippen LogP contribution in [0, 0.1) is 0 Å². The minimum Gasteiger partial charge on any atom is -0.330 e. The van der Waals surface area contributed by atoms with Gasteiger partial charge in [0.25, 0.3) is 0 Å². The van der Waals surface area contributed by atoms with Gasteiger partial charge in [0.2, 0.25) is 0 Å². The van der Waals surface area contributed by atoms with Crippen LogP contribution in [-0.4, -0.2) is 19.5 Å². The van der Waals surface area contributed by atoms with Crippen molar-refractivity contribution in [2.75, 3.05) is 0 Å².